The Morgan fingerprint density at radius 3 is 2.58 bits per heavy atom. The van der Waals surface area contributed by atoms with E-state index in [-0.39, 0.29) is 10.9 Å². The molecule has 10 heteroatoms. The first-order valence-corrected chi connectivity index (χ1v) is 11.5. The molecule has 1 aliphatic carbocycles. The molecule has 4 rings (SSSR count). The van der Waals surface area contributed by atoms with Crippen molar-refractivity contribution in [2.75, 3.05) is 5.73 Å². The van der Waals surface area contributed by atoms with Gasteiger partial charge >= 0.3 is 5.69 Å². The standard InChI is InChI=1S/C21H20ClFN4O3S/c22-15-5-1-3-13(9-15)14-4-2-6-18(10-14)31(29,30)26-16-7-8-17(11-16)27-12-19(23)20(24)25-21(27)28/h1-6,9-10,12,16-17,26H,7-8,11H2,(H2,24,25,28)/t16-,17-/m0/s1. The summed E-state index contributed by atoms with van der Waals surface area (Å²) in [5.41, 5.74) is 6.21. The normalized spacial score (nSPS) is 18.9. The quantitative estimate of drug-likeness (QED) is 0.604. The minimum absolute atomic E-state index is 0.130. The lowest BCUT2D eigenvalue weighted by Gasteiger charge is -2.16. The summed E-state index contributed by atoms with van der Waals surface area (Å²) >= 11 is 6.04. The molecule has 1 heterocycles. The topological polar surface area (TPSA) is 107 Å². The van der Waals surface area contributed by atoms with Gasteiger partial charge in [0.15, 0.2) is 11.6 Å². The van der Waals surface area contributed by atoms with E-state index in [2.05, 4.69) is 9.71 Å². The Labute approximate surface area is 183 Å². The van der Waals surface area contributed by atoms with Crippen molar-refractivity contribution >= 4 is 27.4 Å². The number of aromatic nitrogens is 2. The molecular weight excluding hydrogens is 443 g/mol. The Morgan fingerprint density at radius 1 is 1.13 bits per heavy atom. The van der Waals surface area contributed by atoms with E-state index in [1.165, 1.54) is 10.6 Å². The van der Waals surface area contributed by atoms with Crippen molar-refractivity contribution < 1.29 is 12.8 Å². The summed E-state index contributed by atoms with van der Waals surface area (Å²) in [4.78, 5) is 15.6. The van der Waals surface area contributed by atoms with Gasteiger partial charge in [0, 0.05) is 23.3 Å². The van der Waals surface area contributed by atoms with Crippen molar-refractivity contribution in [2.45, 2.75) is 36.2 Å². The van der Waals surface area contributed by atoms with E-state index in [1.807, 2.05) is 12.1 Å². The molecule has 0 unspecified atom stereocenters. The number of hydrogen-bond acceptors (Lipinski definition) is 5. The fourth-order valence-corrected chi connectivity index (χ4v) is 5.35. The molecule has 162 valence electrons. The van der Waals surface area contributed by atoms with Gasteiger partial charge in [-0.2, -0.15) is 4.98 Å². The number of nitrogens with zero attached hydrogens (tertiary/aromatic N) is 2. The summed E-state index contributed by atoms with van der Waals surface area (Å²) < 4.78 is 43.5. The largest absolute Gasteiger partial charge is 0.381 e. The van der Waals surface area contributed by atoms with E-state index >= 15 is 0 Å². The number of rotatable bonds is 5. The lowest BCUT2D eigenvalue weighted by atomic mass is 10.1. The molecule has 2 aromatic carbocycles. The molecule has 3 N–H and O–H groups in total. The molecule has 0 saturated heterocycles. The van der Waals surface area contributed by atoms with Crippen LogP contribution < -0.4 is 16.1 Å². The van der Waals surface area contributed by atoms with Crippen molar-refractivity contribution in [3.05, 3.63) is 76.1 Å². The average Bonchev–Trinajstić information content (AvgIpc) is 3.18. The predicted molar refractivity (Wildman–Crippen MR) is 117 cm³/mol. The summed E-state index contributed by atoms with van der Waals surface area (Å²) in [6, 6.07) is 13.0. The third kappa shape index (κ3) is 4.63. The van der Waals surface area contributed by atoms with Crippen molar-refractivity contribution in [2.24, 2.45) is 0 Å². The first-order chi connectivity index (χ1) is 14.7. The third-order valence-corrected chi connectivity index (χ3v) is 7.11. The highest BCUT2D eigenvalue weighted by Gasteiger charge is 2.31. The molecule has 1 fully saturated rings. The molecular formula is C21H20ClFN4O3S. The Morgan fingerprint density at radius 2 is 1.84 bits per heavy atom. The van der Waals surface area contributed by atoms with Crippen molar-refractivity contribution in [3.63, 3.8) is 0 Å². The summed E-state index contributed by atoms with van der Waals surface area (Å²) in [7, 11) is -3.80. The molecule has 1 saturated carbocycles. The molecule has 0 radical (unpaired) electrons. The van der Waals surface area contributed by atoms with Crippen LogP contribution in [-0.2, 0) is 10.0 Å². The average molecular weight is 463 g/mol. The van der Waals surface area contributed by atoms with Crippen molar-refractivity contribution in [1.82, 2.24) is 14.3 Å². The van der Waals surface area contributed by atoms with Crippen LogP contribution in [0.5, 0.6) is 0 Å². The van der Waals surface area contributed by atoms with Crippen LogP contribution in [0.4, 0.5) is 10.2 Å². The molecule has 31 heavy (non-hydrogen) atoms. The number of sulfonamides is 1. The van der Waals surface area contributed by atoms with Gasteiger partial charge in [-0.3, -0.25) is 4.57 Å². The number of anilines is 1. The van der Waals surface area contributed by atoms with Gasteiger partial charge < -0.3 is 5.73 Å². The number of benzene rings is 2. The van der Waals surface area contributed by atoms with Gasteiger partial charge in [-0.05, 0) is 54.7 Å². The van der Waals surface area contributed by atoms with Gasteiger partial charge in [0.05, 0.1) is 4.90 Å². The monoisotopic (exact) mass is 462 g/mol. The third-order valence-electron chi connectivity index (χ3n) is 5.36. The molecule has 2 atom stereocenters. The van der Waals surface area contributed by atoms with Crippen LogP contribution in [0.3, 0.4) is 0 Å². The number of halogens is 2. The zero-order valence-electron chi connectivity index (χ0n) is 16.3. The fourth-order valence-electron chi connectivity index (χ4n) is 3.83. The molecule has 1 aliphatic rings. The van der Waals surface area contributed by atoms with Crippen LogP contribution in [0.15, 0.2) is 64.4 Å². The van der Waals surface area contributed by atoms with Crippen LogP contribution >= 0.6 is 11.6 Å². The maximum absolute atomic E-state index is 13.7. The highest BCUT2D eigenvalue weighted by atomic mass is 35.5. The summed E-state index contributed by atoms with van der Waals surface area (Å²) in [6.45, 7) is 0. The first kappa shape index (κ1) is 21.5. The number of nitrogens with one attached hydrogen (secondary N) is 1. The van der Waals surface area contributed by atoms with Crippen molar-refractivity contribution in [1.29, 1.82) is 0 Å². The highest BCUT2D eigenvalue weighted by Crippen LogP contribution is 2.31. The van der Waals surface area contributed by atoms with Gasteiger partial charge in [0.1, 0.15) is 0 Å². The molecule has 0 amide bonds. The zero-order valence-corrected chi connectivity index (χ0v) is 17.9. The second-order valence-corrected chi connectivity index (χ2v) is 9.64. The molecule has 1 aromatic heterocycles. The Balaban J connectivity index is 1.52. The fraction of sp³-hybridized carbons (Fsp3) is 0.238. The molecule has 0 spiro atoms. The molecule has 0 bridgehead atoms. The maximum Gasteiger partial charge on any atom is 0.349 e. The van der Waals surface area contributed by atoms with E-state index in [1.54, 1.807) is 30.3 Å². The van der Waals surface area contributed by atoms with Gasteiger partial charge in [-0.15, -0.1) is 0 Å². The van der Waals surface area contributed by atoms with Gasteiger partial charge in [0.25, 0.3) is 0 Å². The van der Waals surface area contributed by atoms with Gasteiger partial charge in [0.2, 0.25) is 10.0 Å². The van der Waals surface area contributed by atoms with Crippen LogP contribution in [0.2, 0.25) is 5.02 Å². The van der Waals surface area contributed by atoms with E-state index < -0.39 is 33.4 Å². The first-order valence-electron chi connectivity index (χ1n) is 9.65. The lowest BCUT2D eigenvalue weighted by molar-refractivity contribution is 0.461. The zero-order chi connectivity index (χ0) is 22.2. The minimum atomic E-state index is -3.80. The smallest absolute Gasteiger partial charge is 0.349 e. The lowest BCUT2D eigenvalue weighted by Crippen LogP contribution is -2.34. The summed E-state index contributed by atoms with van der Waals surface area (Å²) in [6.07, 6.45) is 2.40. The summed E-state index contributed by atoms with van der Waals surface area (Å²) in [5.74, 6) is -1.22. The van der Waals surface area contributed by atoms with E-state index in [0.717, 1.165) is 17.3 Å². The Kier molecular flexibility index (Phi) is 5.83. The SMILES string of the molecule is Nc1nc(=O)n([C@H]2CC[C@H](NS(=O)(=O)c3cccc(-c4cccc(Cl)c4)c3)C2)cc1F. The van der Waals surface area contributed by atoms with Gasteiger partial charge in [-0.1, -0.05) is 35.9 Å². The second-order valence-electron chi connectivity index (χ2n) is 7.49. The van der Waals surface area contributed by atoms with Crippen LogP contribution in [0.1, 0.15) is 25.3 Å². The molecule has 3 aromatic rings. The predicted octanol–water partition coefficient (Wildman–Crippen LogP) is 3.36. The number of nitrogen functional groups attached to an aromatic ring is 1. The van der Waals surface area contributed by atoms with Crippen LogP contribution in [0.25, 0.3) is 11.1 Å². The van der Waals surface area contributed by atoms with Crippen LogP contribution in [0, 0.1) is 5.82 Å². The van der Waals surface area contributed by atoms with E-state index in [0.29, 0.717) is 24.3 Å². The molecule has 7 nitrogen and oxygen atoms in total. The highest BCUT2D eigenvalue weighted by molar-refractivity contribution is 7.89. The Bertz CT molecular complexity index is 1300. The molecule has 0 aliphatic heterocycles. The minimum Gasteiger partial charge on any atom is -0.381 e. The second kappa shape index (κ2) is 8.41. The van der Waals surface area contributed by atoms with Crippen molar-refractivity contribution in [3.8, 4) is 11.1 Å². The van der Waals surface area contributed by atoms with Crippen LogP contribution in [-0.4, -0.2) is 24.0 Å². The summed E-state index contributed by atoms with van der Waals surface area (Å²) in [5, 5.41) is 0.560. The van der Waals surface area contributed by atoms with E-state index in [4.69, 9.17) is 17.3 Å². The van der Waals surface area contributed by atoms with E-state index in [9.17, 15) is 17.6 Å². The maximum atomic E-state index is 13.7. The number of nitrogens with two attached hydrogens (primary N) is 1. The van der Waals surface area contributed by atoms with Gasteiger partial charge in [-0.25, -0.2) is 22.3 Å². The Hall–Kier alpha value is -2.75. The number of hydrogen-bond donors (Lipinski definition) is 2.